The lowest BCUT2D eigenvalue weighted by Gasteiger charge is -2.11. The molecule has 0 saturated heterocycles. The van der Waals surface area contributed by atoms with Gasteiger partial charge in [0, 0.05) is 15.4 Å². The van der Waals surface area contributed by atoms with Crippen LogP contribution in [0.5, 0.6) is 11.5 Å². The van der Waals surface area contributed by atoms with Crippen molar-refractivity contribution >= 4 is 31.9 Å². The summed E-state index contributed by atoms with van der Waals surface area (Å²) in [6, 6.07) is 3.88. The lowest BCUT2D eigenvalue weighted by molar-refractivity contribution is 0.352. The molecule has 1 rings (SSSR count). The van der Waals surface area contributed by atoms with E-state index in [0.717, 1.165) is 26.9 Å². The normalized spacial score (nSPS) is 9.85. The summed E-state index contributed by atoms with van der Waals surface area (Å²) in [6.45, 7) is 0. The molecule has 0 aliphatic heterocycles. The van der Waals surface area contributed by atoms with E-state index in [1.54, 1.807) is 14.2 Å². The second-order valence-corrected chi connectivity index (χ2v) is 3.91. The van der Waals surface area contributed by atoms with Crippen LogP contribution >= 0.6 is 31.9 Å². The Labute approximate surface area is 94.5 Å². The van der Waals surface area contributed by atoms with Crippen LogP contribution in [-0.2, 0) is 5.33 Å². The molecular weight excluding hydrogens is 300 g/mol. The van der Waals surface area contributed by atoms with E-state index < -0.39 is 0 Å². The molecule has 0 amide bonds. The highest BCUT2D eigenvalue weighted by atomic mass is 79.9. The van der Waals surface area contributed by atoms with Crippen molar-refractivity contribution in [3.05, 3.63) is 22.2 Å². The first-order valence-corrected chi connectivity index (χ1v) is 5.60. The number of rotatable bonds is 3. The van der Waals surface area contributed by atoms with E-state index in [2.05, 4.69) is 31.9 Å². The molecule has 1 aromatic carbocycles. The molecule has 0 bridgehead atoms. The van der Waals surface area contributed by atoms with Gasteiger partial charge in [-0.25, -0.2) is 0 Å². The highest BCUT2D eigenvalue weighted by molar-refractivity contribution is 9.10. The Hall–Kier alpha value is -0.220. The molecule has 72 valence electrons. The molecule has 4 heteroatoms. The topological polar surface area (TPSA) is 18.5 Å². The lowest BCUT2D eigenvalue weighted by Crippen LogP contribution is -1.94. The number of benzene rings is 1. The summed E-state index contributed by atoms with van der Waals surface area (Å²) in [5.41, 5.74) is 1.06. The van der Waals surface area contributed by atoms with Gasteiger partial charge in [0.15, 0.2) is 11.5 Å². The van der Waals surface area contributed by atoms with Gasteiger partial charge < -0.3 is 9.47 Å². The van der Waals surface area contributed by atoms with Gasteiger partial charge >= 0.3 is 0 Å². The van der Waals surface area contributed by atoms with Crippen LogP contribution in [-0.4, -0.2) is 14.2 Å². The van der Waals surface area contributed by atoms with Crippen molar-refractivity contribution in [2.45, 2.75) is 5.33 Å². The van der Waals surface area contributed by atoms with E-state index in [-0.39, 0.29) is 0 Å². The number of halogens is 2. The maximum Gasteiger partial charge on any atom is 0.164 e. The molecule has 0 unspecified atom stereocenters. The summed E-state index contributed by atoms with van der Waals surface area (Å²) < 4.78 is 11.4. The first-order chi connectivity index (χ1) is 6.22. The molecule has 0 fully saturated rings. The molecule has 0 aliphatic carbocycles. The van der Waals surface area contributed by atoms with Crippen LogP contribution in [0.3, 0.4) is 0 Å². The van der Waals surface area contributed by atoms with Crippen molar-refractivity contribution in [3.63, 3.8) is 0 Å². The van der Waals surface area contributed by atoms with Crippen LogP contribution in [0.4, 0.5) is 0 Å². The third kappa shape index (κ3) is 2.38. The molecule has 0 atom stereocenters. The predicted molar refractivity (Wildman–Crippen MR) is 59.9 cm³/mol. The van der Waals surface area contributed by atoms with Crippen molar-refractivity contribution in [1.29, 1.82) is 0 Å². The number of methoxy groups -OCH3 is 2. The first-order valence-electron chi connectivity index (χ1n) is 3.69. The molecule has 0 spiro atoms. The average molecular weight is 310 g/mol. The molecule has 0 radical (unpaired) electrons. The minimum absolute atomic E-state index is 0.742. The third-order valence-electron chi connectivity index (χ3n) is 1.66. The second kappa shape index (κ2) is 4.86. The van der Waals surface area contributed by atoms with Crippen LogP contribution < -0.4 is 9.47 Å². The Bertz CT molecular complexity index is 275. The largest absolute Gasteiger partial charge is 0.493 e. The average Bonchev–Trinajstić information content (AvgIpc) is 2.16. The van der Waals surface area contributed by atoms with E-state index in [1.165, 1.54) is 0 Å². The minimum atomic E-state index is 0.742. The molecule has 0 N–H and O–H groups in total. The molecular formula is C9H10Br2O2. The van der Waals surface area contributed by atoms with Gasteiger partial charge in [0.1, 0.15) is 0 Å². The van der Waals surface area contributed by atoms with E-state index in [4.69, 9.17) is 9.47 Å². The van der Waals surface area contributed by atoms with E-state index in [0.29, 0.717) is 0 Å². The Morgan fingerprint density at radius 1 is 1.23 bits per heavy atom. The van der Waals surface area contributed by atoms with Gasteiger partial charge in [-0.2, -0.15) is 0 Å². The lowest BCUT2D eigenvalue weighted by atomic mass is 10.2. The predicted octanol–water partition coefficient (Wildman–Crippen LogP) is 3.36. The van der Waals surface area contributed by atoms with Crippen molar-refractivity contribution in [1.82, 2.24) is 0 Å². The molecule has 0 heterocycles. The maximum atomic E-state index is 5.24. The zero-order valence-electron chi connectivity index (χ0n) is 7.43. The van der Waals surface area contributed by atoms with E-state index >= 15 is 0 Å². The van der Waals surface area contributed by atoms with Crippen molar-refractivity contribution in [2.24, 2.45) is 0 Å². The van der Waals surface area contributed by atoms with Crippen LogP contribution in [0.25, 0.3) is 0 Å². The Morgan fingerprint density at radius 2 is 1.92 bits per heavy atom. The summed E-state index contributed by atoms with van der Waals surface area (Å²) >= 11 is 6.79. The summed E-state index contributed by atoms with van der Waals surface area (Å²) in [5, 5.41) is 0.742. The van der Waals surface area contributed by atoms with Crippen LogP contribution in [0.15, 0.2) is 16.6 Å². The summed E-state index contributed by atoms with van der Waals surface area (Å²) in [4.78, 5) is 0. The van der Waals surface area contributed by atoms with Gasteiger partial charge in [-0.1, -0.05) is 31.9 Å². The van der Waals surface area contributed by atoms with Gasteiger partial charge in [-0.15, -0.1) is 0 Å². The van der Waals surface area contributed by atoms with E-state index in [1.807, 2.05) is 12.1 Å². The summed E-state index contributed by atoms with van der Waals surface area (Å²) in [5.74, 6) is 1.52. The maximum absolute atomic E-state index is 5.24. The van der Waals surface area contributed by atoms with Gasteiger partial charge in [0.25, 0.3) is 0 Å². The first kappa shape index (κ1) is 10.9. The molecule has 0 saturated carbocycles. The van der Waals surface area contributed by atoms with Crippen molar-refractivity contribution in [2.75, 3.05) is 14.2 Å². The fourth-order valence-electron chi connectivity index (χ4n) is 1.11. The number of hydrogen-bond donors (Lipinski definition) is 0. The van der Waals surface area contributed by atoms with Gasteiger partial charge in [-0.3, -0.25) is 0 Å². The smallest absolute Gasteiger partial charge is 0.164 e. The fourth-order valence-corrected chi connectivity index (χ4v) is 2.01. The molecule has 0 aromatic heterocycles. The van der Waals surface area contributed by atoms with Crippen molar-refractivity contribution in [3.8, 4) is 11.5 Å². The van der Waals surface area contributed by atoms with Crippen LogP contribution in [0.2, 0.25) is 0 Å². The highest BCUT2D eigenvalue weighted by Gasteiger charge is 2.09. The summed E-state index contributed by atoms with van der Waals surface area (Å²) in [6.07, 6.45) is 0. The molecule has 1 aromatic rings. The quantitative estimate of drug-likeness (QED) is 0.797. The molecule has 2 nitrogen and oxygen atoms in total. The Morgan fingerprint density at radius 3 is 2.38 bits per heavy atom. The second-order valence-electron chi connectivity index (χ2n) is 2.43. The standard InChI is InChI=1S/C9H10Br2O2/c1-12-8-4-7(11)3-6(5-10)9(8)13-2/h3-4H,5H2,1-2H3. The SMILES string of the molecule is COc1cc(Br)cc(CBr)c1OC. The number of ether oxygens (including phenoxy) is 2. The van der Waals surface area contributed by atoms with Crippen molar-refractivity contribution < 1.29 is 9.47 Å². The van der Waals surface area contributed by atoms with E-state index in [9.17, 15) is 0 Å². The third-order valence-corrected chi connectivity index (χ3v) is 2.73. The van der Waals surface area contributed by atoms with Gasteiger partial charge in [0.2, 0.25) is 0 Å². The Balaban J connectivity index is 3.25. The zero-order chi connectivity index (χ0) is 9.84. The van der Waals surface area contributed by atoms with Gasteiger partial charge in [0.05, 0.1) is 14.2 Å². The van der Waals surface area contributed by atoms with Gasteiger partial charge in [-0.05, 0) is 12.1 Å². The van der Waals surface area contributed by atoms with Crippen LogP contribution in [0.1, 0.15) is 5.56 Å². The number of alkyl halides is 1. The zero-order valence-corrected chi connectivity index (χ0v) is 10.6. The monoisotopic (exact) mass is 308 g/mol. The summed E-state index contributed by atoms with van der Waals surface area (Å²) in [7, 11) is 3.26. The fraction of sp³-hybridized carbons (Fsp3) is 0.333. The Kier molecular flexibility index (Phi) is 4.06. The highest BCUT2D eigenvalue weighted by Crippen LogP contribution is 2.35. The minimum Gasteiger partial charge on any atom is -0.493 e. The number of hydrogen-bond acceptors (Lipinski definition) is 2. The molecule has 13 heavy (non-hydrogen) atoms. The molecule has 0 aliphatic rings. The van der Waals surface area contributed by atoms with Crippen LogP contribution in [0, 0.1) is 0 Å².